The molecule has 1 saturated heterocycles. The number of ether oxygens (including phenoxy) is 2. The van der Waals surface area contributed by atoms with Crippen LogP contribution < -0.4 is 4.74 Å². The van der Waals surface area contributed by atoms with Gasteiger partial charge in [-0.05, 0) is 19.1 Å². The van der Waals surface area contributed by atoms with Crippen molar-refractivity contribution < 1.29 is 34.7 Å². The van der Waals surface area contributed by atoms with Gasteiger partial charge in [-0.2, -0.15) is 0 Å². The van der Waals surface area contributed by atoms with E-state index in [1.54, 1.807) is 12.1 Å². The number of fused-ring (bicyclic) bond motifs is 1. The maximum atomic E-state index is 12.0. The minimum absolute atomic E-state index is 0.320. The molecule has 0 radical (unpaired) electrons. The van der Waals surface area contributed by atoms with Crippen molar-refractivity contribution >= 4 is 16.7 Å². The van der Waals surface area contributed by atoms with Gasteiger partial charge in [-0.3, -0.25) is 4.79 Å². The van der Waals surface area contributed by atoms with Crippen LogP contribution in [0.5, 0.6) is 5.75 Å². The first-order chi connectivity index (χ1) is 11.4. The van der Waals surface area contributed by atoms with Gasteiger partial charge in [-0.1, -0.05) is 12.1 Å². The highest BCUT2D eigenvalue weighted by Crippen LogP contribution is 2.35. The van der Waals surface area contributed by atoms with E-state index in [0.717, 1.165) is 12.4 Å². The summed E-state index contributed by atoms with van der Waals surface area (Å²) < 4.78 is 10.8. The summed E-state index contributed by atoms with van der Waals surface area (Å²) in [6.45, 7) is 0.452. The number of carbonyl (C=O) groups excluding carboxylic acids is 1. The summed E-state index contributed by atoms with van der Waals surface area (Å²) >= 11 is 0. The number of aromatic nitrogens is 1. The predicted molar refractivity (Wildman–Crippen MR) is 82.3 cm³/mol. The Labute approximate surface area is 137 Å². The van der Waals surface area contributed by atoms with Gasteiger partial charge in [-0.25, -0.2) is 0 Å². The second-order valence-corrected chi connectivity index (χ2v) is 5.81. The number of Topliss-reactive ketones (excluding diaryl/α,β-unsaturated/α-hetero) is 1. The third kappa shape index (κ3) is 2.48. The molecule has 3 rings (SSSR count). The van der Waals surface area contributed by atoms with Crippen molar-refractivity contribution in [3.8, 4) is 5.75 Å². The molecule has 1 fully saturated rings. The van der Waals surface area contributed by atoms with Crippen molar-refractivity contribution in [3.05, 3.63) is 30.5 Å². The van der Waals surface area contributed by atoms with E-state index in [1.165, 1.54) is 6.20 Å². The van der Waals surface area contributed by atoms with Crippen LogP contribution in [0, 0.1) is 0 Å². The molecule has 8 heteroatoms. The van der Waals surface area contributed by atoms with Gasteiger partial charge in [0.2, 0.25) is 0 Å². The lowest BCUT2D eigenvalue weighted by molar-refractivity contribution is -0.306. The molecule has 24 heavy (non-hydrogen) atoms. The lowest BCUT2D eigenvalue weighted by Crippen LogP contribution is -2.71. The van der Waals surface area contributed by atoms with Crippen LogP contribution in [0.25, 0.3) is 10.9 Å². The van der Waals surface area contributed by atoms with Crippen molar-refractivity contribution in [2.24, 2.45) is 0 Å². The number of aliphatic hydroxyl groups excluding tert-OH is 3. The summed E-state index contributed by atoms with van der Waals surface area (Å²) in [6, 6.07) is 7.21. The summed E-state index contributed by atoms with van der Waals surface area (Å²) in [5.41, 5.74) is -1.65. The fraction of sp³-hybridized carbons (Fsp3) is 0.438. The normalized spacial score (nSPS) is 33.5. The average Bonchev–Trinajstić information content (AvgIpc) is 2.98. The van der Waals surface area contributed by atoms with Crippen LogP contribution in [0.1, 0.15) is 6.92 Å². The number of H-pyrrole nitrogens is 1. The van der Waals surface area contributed by atoms with Gasteiger partial charge in [-0.15, -0.1) is 0 Å². The van der Waals surface area contributed by atoms with Gasteiger partial charge in [0.05, 0.1) is 6.61 Å². The Hall–Kier alpha value is -1.97. The smallest absolute Gasteiger partial charge is 0.193 e. The maximum Gasteiger partial charge on any atom is 0.193 e. The Morgan fingerprint density at radius 3 is 2.75 bits per heavy atom. The zero-order chi connectivity index (χ0) is 17.5. The molecule has 0 spiro atoms. The lowest BCUT2D eigenvalue weighted by atomic mass is 9.81. The minimum atomic E-state index is -2.43. The highest BCUT2D eigenvalue weighted by molar-refractivity contribution is 5.88. The van der Waals surface area contributed by atoms with Crippen LogP contribution in [-0.4, -0.2) is 68.0 Å². The van der Waals surface area contributed by atoms with Crippen molar-refractivity contribution in [3.63, 3.8) is 0 Å². The number of aromatic amines is 1. The Kier molecular flexibility index (Phi) is 4.33. The molecule has 0 aliphatic carbocycles. The molecule has 1 aliphatic rings. The molecule has 1 unspecified atom stereocenters. The third-order valence-corrected chi connectivity index (χ3v) is 4.36. The first kappa shape index (κ1) is 16.9. The van der Waals surface area contributed by atoms with Crippen molar-refractivity contribution in [1.82, 2.24) is 4.98 Å². The lowest BCUT2D eigenvalue weighted by Gasteiger charge is -2.46. The van der Waals surface area contributed by atoms with Gasteiger partial charge < -0.3 is 34.9 Å². The van der Waals surface area contributed by atoms with E-state index in [4.69, 9.17) is 9.47 Å². The fourth-order valence-electron chi connectivity index (χ4n) is 2.99. The highest BCUT2D eigenvalue weighted by atomic mass is 16.7. The number of carbonyl (C=O) groups is 1. The van der Waals surface area contributed by atoms with E-state index < -0.39 is 42.6 Å². The molecule has 0 saturated carbocycles. The van der Waals surface area contributed by atoms with Gasteiger partial charge in [0.25, 0.3) is 0 Å². The number of nitrogens with one attached hydrogen (secondary N) is 1. The first-order valence-corrected chi connectivity index (χ1v) is 7.48. The molecular formula is C16H19NO7. The average molecular weight is 337 g/mol. The molecule has 8 nitrogen and oxygen atoms in total. The van der Waals surface area contributed by atoms with Gasteiger partial charge in [0.1, 0.15) is 18.0 Å². The Bertz CT molecular complexity index is 745. The number of benzene rings is 1. The monoisotopic (exact) mass is 337 g/mol. The number of ketones is 1. The SMILES string of the molecule is CC(=O)[C@]1(O)[C@H](Oc2c[nH]c3ccccc23)[C@@H](CO)OC(O)[C@@H]1O. The molecule has 2 heterocycles. The summed E-state index contributed by atoms with van der Waals surface area (Å²) in [6.07, 6.45) is -4.80. The number of aliphatic hydroxyl groups is 4. The Morgan fingerprint density at radius 1 is 1.38 bits per heavy atom. The summed E-state index contributed by atoms with van der Waals surface area (Å²) in [4.78, 5) is 15.0. The van der Waals surface area contributed by atoms with Crippen LogP contribution in [0.3, 0.4) is 0 Å². The van der Waals surface area contributed by atoms with Crippen LogP contribution in [0.2, 0.25) is 0 Å². The molecule has 130 valence electrons. The van der Waals surface area contributed by atoms with Gasteiger partial charge >= 0.3 is 0 Å². The zero-order valence-electron chi connectivity index (χ0n) is 12.9. The van der Waals surface area contributed by atoms with E-state index in [1.807, 2.05) is 12.1 Å². The van der Waals surface area contributed by atoms with Crippen LogP contribution in [-0.2, 0) is 9.53 Å². The number of rotatable bonds is 4. The standard InChI is InChI=1S/C16H19NO7/c1-8(19)16(22)13(20)15(21)24-12(7-18)14(16)23-11-6-17-10-5-3-2-4-9(10)11/h2-6,12-15,17-18,20-22H,7H2,1H3/t12-,13+,14-,15?,16-/m1/s1. The molecule has 1 aliphatic heterocycles. The molecule has 2 aromatic rings. The number of para-hydroxylation sites is 1. The Morgan fingerprint density at radius 2 is 2.08 bits per heavy atom. The molecule has 0 amide bonds. The van der Waals surface area contributed by atoms with Crippen LogP contribution in [0.4, 0.5) is 0 Å². The van der Waals surface area contributed by atoms with E-state index in [-0.39, 0.29) is 0 Å². The predicted octanol–water partition coefficient (Wildman–Crippen LogP) is -0.694. The minimum Gasteiger partial charge on any atom is -0.482 e. The molecule has 5 N–H and O–H groups in total. The largest absolute Gasteiger partial charge is 0.482 e. The van der Waals surface area contributed by atoms with Gasteiger partial charge in [0.15, 0.2) is 23.8 Å². The van der Waals surface area contributed by atoms with Crippen LogP contribution >= 0.6 is 0 Å². The Balaban J connectivity index is 2.02. The van der Waals surface area contributed by atoms with Crippen LogP contribution in [0.15, 0.2) is 30.5 Å². The number of hydrogen-bond acceptors (Lipinski definition) is 7. The molecule has 1 aromatic heterocycles. The van der Waals surface area contributed by atoms with E-state index in [2.05, 4.69) is 4.98 Å². The van der Waals surface area contributed by atoms with Gasteiger partial charge in [0, 0.05) is 17.1 Å². The molecule has 5 atom stereocenters. The second kappa shape index (κ2) is 6.15. The van der Waals surface area contributed by atoms with Crippen molar-refractivity contribution in [2.45, 2.75) is 37.1 Å². The van der Waals surface area contributed by atoms with Crippen molar-refractivity contribution in [2.75, 3.05) is 6.61 Å². The summed E-state index contributed by atoms with van der Waals surface area (Å²) in [5.74, 6) is -0.485. The molecular weight excluding hydrogens is 318 g/mol. The van der Waals surface area contributed by atoms with E-state index in [0.29, 0.717) is 11.1 Å². The second-order valence-electron chi connectivity index (χ2n) is 5.81. The zero-order valence-corrected chi connectivity index (χ0v) is 12.9. The maximum absolute atomic E-state index is 12.0. The first-order valence-electron chi connectivity index (χ1n) is 7.48. The fourth-order valence-corrected chi connectivity index (χ4v) is 2.99. The summed E-state index contributed by atoms with van der Waals surface area (Å²) in [5, 5.41) is 40.7. The molecule has 1 aromatic carbocycles. The quantitative estimate of drug-likeness (QED) is 0.499. The summed E-state index contributed by atoms with van der Waals surface area (Å²) in [7, 11) is 0. The molecule has 0 bridgehead atoms. The third-order valence-electron chi connectivity index (χ3n) is 4.36. The van der Waals surface area contributed by atoms with E-state index >= 15 is 0 Å². The topological polar surface area (TPSA) is 132 Å². The van der Waals surface area contributed by atoms with E-state index in [9.17, 15) is 25.2 Å². The number of hydrogen-bond donors (Lipinski definition) is 5. The van der Waals surface area contributed by atoms with Crippen molar-refractivity contribution in [1.29, 1.82) is 0 Å². The highest BCUT2D eigenvalue weighted by Gasteiger charge is 2.59.